The zero-order valence-electron chi connectivity index (χ0n) is 10.9. The van der Waals surface area contributed by atoms with Gasteiger partial charge >= 0.3 is 0 Å². The standard InChI is InChI=1S/C14H15ClN4O/c1-8(9-2-4-10(15)5-3-9)19-14-12(13(17)20)6-11(16)7-18-14/h2-8H,16H2,1H3,(H2,17,20)(H,18,19). The molecule has 1 aromatic carbocycles. The second kappa shape index (κ2) is 5.79. The van der Waals surface area contributed by atoms with Crippen molar-refractivity contribution < 1.29 is 4.79 Å². The molecule has 1 atom stereocenters. The van der Waals surface area contributed by atoms with Crippen molar-refractivity contribution in [3.8, 4) is 0 Å². The molecule has 2 rings (SSSR count). The normalized spacial score (nSPS) is 11.9. The third-order valence-electron chi connectivity index (χ3n) is 2.90. The Kier molecular flexibility index (Phi) is 4.10. The fraction of sp³-hybridized carbons (Fsp3) is 0.143. The predicted octanol–water partition coefficient (Wildman–Crippen LogP) is 2.59. The number of halogens is 1. The first-order chi connectivity index (χ1) is 9.47. The van der Waals surface area contributed by atoms with Gasteiger partial charge in [-0.3, -0.25) is 4.79 Å². The molecule has 1 unspecified atom stereocenters. The molecule has 5 N–H and O–H groups in total. The molecule has 20 heavy (non-hydrogen) atoms. The van der Waals surface area contributed by atoms with E-state index in [0.717, 1.165) is 5.56 Å². The zero-order chi connectivity index (χ0) is 14.7. The Morgan fingerprint density at radius 3 is 2.60 bits per heavy atom. The largest absolute Gasteiger partial charge is 0.397 e. The average molecular weight is 291 g/mol. The Bertz CT molecular complexity index is 628. The molecule has 104 valence electrons. The number of nitrogen functional groups attached to an aromatic ring is 1. The van der Waals surface area contributed by atoms with Gasteiger partial charge in [-0.25, -0.2) is 4.98 Å². The van der Waals surface area contributed by atoms with Gasteiger partial charge in [-0.05, 0) is 30.7 Å². The SMILES string of the molecule is CC(Nc1ncc(N)cc1C(N)=O)c1ccc(Cl)cc1. The molecular weight excluding hydrogens is 276 g/mol. The van der Waals surface area contributed by atoms with Gasteiger partial charge in [-0.2, -0.15) is 0 Å². The van der Waals surface area contributed by atoms with Gasteiger partial charge < -0.3 is 16.8 Å². The highest BCUT2D eigenvalue weighted by atomic mass is 35.5. The van der Waals surface area contributed by atoms with E-state index in [2.05, 4.69) is 10.3 Å². The molecule has 0 spiro atoms. The Labute approximate surface area is 121 Å². The fourth-order valence-electron chi connectivity index (χ4n) is 1.82. The van der Waals surface area contributed by atoms with Crippen LogP contribution in [0.4, 0.5) is 11.5 Å². The number of hydrogen-bond acceptors (Lipinski definition) is 4. The third-order valence-corrected chi connectivity index (χ3v) is 3.15. The first kappa shape index (κ1) is 14.1. The molecule has 0 aliphatic carbocycles. The third kappa shape index (κ3) is 3.19. The Morgan fingerprint density at radius 1 is 1.35 bits per heavy atom. The van der Waals surface area contributed by atoms with Crippen LogP contribution in [0.25, 0.3) is 0 Å². The topological polar surface area (TPSA) is 94.0 Å². The van der Waals surface area contributed by atoms with E-state index in [1.54, 1.807) is 12.1 Å². The molecule has 0 saturated carbocycles. The smallest absolute Gasteiger partial charge is 0.252 e. The lowest BCUT2D eigenvalue weighted by Crippen LogP contribution is -2.17. The summed E-state index contributed by atoms with van der Waals surface area (Å²) < 4.78 is 0. The Balaban J connectivity index is 2.25. The maximum atomic E-state index is 11.4. The highest BCUT2D eigenvalue weighted by Gasteiger charge is 2.13. The highest BCUT2D eigenvalue weighted by Crippen LogP contribution is 2.22. The summed E-state index contributed by atoms with van der Waals surface area (Å²) in [5, 5.41) is 3.81. The van der Waals surface area contributed by atoms with Crippen molar-refractivity contribution in [1.29, 1.82) is 0 Å². The minimum atomic E-state index is -0.574. The second-order valence-corrected chi connectivity index (χ2v) is 4.88. The van der Waals surface area contributed by atoms with E-state index in [0.29, 0.717) is 16.5 Å². The van der Waals surface area contributed by atoms with Gasteiger partial charge in [0.15, 0.2) is 0 Å². The number of nitrogens with zero attached hydrogens (tertiary/aromatic N) is 1. The summed E-state index contributed by atoms with van der Waals surface area (Å²) in [6, 6.07) is 8.87. The lowest BCUT2D eigenvalue weighted by atomic mass is 10.1. The van der Waals surface area contributed by atoms with Crippen molar-refractivity contribution in [2.75, 3.05) is 11.1 Å². The van der Waals surface area contributed by atoms with Crippen LogP contribution in [0.15, 0.2) is 36.5 Å². The highest BCUT2D eigenvalue weighted by molar-refractivity contribution is 6.30. The van der Waals surface area contributed by atoms with Crippen LogP contribution in [0.5, 0.6) is 0 Å². The quantitative estimate of drug-likeness (QED) is 0.806. The van der Waals surface area contributed by atoms with Crippen molar-refractivity contribution in [2.45, 2.75) is 13.0 Å². The van der Waals surface area contributed by atoms with E-state index in [-0.39, 0.29) is 11.6 Å². The number of nitrogens with one attached hydrogen (secondary N) is 1. The van der Waals surface area contributed by atoms with Crippen LogP contribution in [-0.4, -0.2) is 10.9 Å². The van der Waals surface area contributed by atoms with E-state index in [4.69, 9.17) is 23.1 Å². The summed E-state index contributed by atoms with van der Waals surface area (Å²) >= 11 is 5.85. The van der Waals surface area contributed by atoms with E-state index >= 15 is 0 Å². The fourth-order valence-corrected chi connectivity index (χ4v) is 1.95. The van der Waals surface area contributed by atoms with Crippen molar-refractivity contribution in [1.82, 2.24) is 4.98 Å². The van der Waals surface area contributed by atoms with E-state index in [9.17, 15) is 4.79 Å². The lowest BCUT2D eigenvalue weighted by molar-refractivity contribution is 0.100. The van der Waals surface area contributed by atoms with Gasteiger partial charge in [-0.15, -0.1) is 0 Å². The predicted molar refractivity (Wildman–Crippen MR) is 80.7 cm³/mol. The van der Waals surface area contributed by atoms with Gasteiger partial charge in [0.25, 0.3) is 5.91 Å². The molecule has 1 heterocycles. The van der Waals surface area contributed by atoms with Crippen LogP contribution in [0, 0.1) is 0 Å². The van der Waals surface area contributed by atoms with Crippen LogP contribution in [0.1, 0.15) is 28.9 Å². The zero-order valence-corrected chi connectivity index (χ0v) is 11.7. The number of amides is 1. The first-order valence-corrected chi connectivity index (χ1v) is 6.42. The average Bonchev–Trinajstić information content (AvgIpc) is 2.41. The maximum Gasteiger partial charge on any atom is 0.252 e. The number of hydrogen-bond donors (Lipinski definition) is 3. The van der Waals surface area contributed by atoms with Crippen molar-refractivity contribution >= 4 is 29.0 Å². The maximum absolute atomic E-state index is 11.4. The molecule has 0 aliphatic rings. The van der Waals surface area contributed by atoms with Crippen molar-refractivity contribution in [3.63, 3.8) is 0 Å². The molecule has 0 aliphatic heterocycles. The summed E-state index contributed by atoms with van der Waals surface area (Å²) in [6.45, 7) is 1.95. The number of benzene rings is 1. The number of rotatable bonds is 4. The van der Waals surface area contributed by atoms with E-state index < -0.39 is 5.91 Å². The van der Waals surface area contributed by atoms with Crippen molar-refractivity contribution in [3.05, 3.63) is 52.7 Å². The van der Waals surface area contributed by atoms with E-state index in [1.807, 2.05) is 19.1 Å². The van der Waals surface area contributed by atoms with Gasteiger partial charge in [0.05, 0.1) is 17.4 Å². The van der Waals surface area contributed by atoms with E-state index in [1.165, 1.54) is 12.3 Å². The molecule has 1 aromatic heterocycles. The summed E-state index contributed by atoms with van der Waals surface area (Å²) in [5.41, 5.74) is 12.6. The molecule has 0 radical (unpaired) electrons. The first-order valence-electron chi connectivity index (χ1n) is 6.04. The lowest BCUT2D eigenvalue weighted by Gasteiger charge is -2.17. The summed E-state index contributed by atoms with van der Waals surface area (Å²) in [7, 11) is 0. The van der Waals surface area contributed by atoms with Crippen LogP contribution in [0.2, 0.25) is 5.02 Å². The van der Waals surface area contributed by atoms with Gasteiger partial charge in [0, 0.05) is 11.1 Å². The number of nitrogens with two attached hydrogens (primary N) is 2. The number of carbonyl (C=O) groups excluding carboxylic acids is 1. The second-order valence-electron chi connectivity index (χ2n) is 4.45. The number of pyridine rings is 1. The summed E-state index contributed by atoms with van der Waals surface area (Å²) in [6.07, 6.45) is 1.48. The summed E-state index contributed by atoms with van der Waals surface area (Å²) in [4.78, 5) is 15.5. The van der Waals surface area contributed by atoms with Crippen LogP contribution in [-0.2, 0) is 0 Å². The minimum Gasteiger partial charge on any atom is -0.397 e. The number of primary amides is 1. The number of anilines is 2. The molecule has 0 fully saturated rings. The molecule has 0 bridgehead atoms. The molecule has 5 nitrogen and oxygen atoms in total. The molecule has 0 saturated heterocycles. The minimum absolute atomic E-state index is 0.0542. The monoisotopic (exact) mass is 290 g/mol. The van der Waals surface area contributed by atoms with Gasteiger partial charge in [0.1, 0.15) is 5.82 Å². The number of aromatic nitrogens is 1. The molecule has 6 heteroatoms. The van der Waals surface area contributed by atoms with Gasteiger partial charge in [0.2, 0.25) is 0 Å². The Hall–Kier alpha value is -2.27. The van der Waals surface area contributed by atoms with Crippen LogP contribution in [0.3, 0.4) is 0 Å². The summed E-state index contributed by atoms with van der Waals surface area (Å²) in [5.74, 6) is -0.162. The van der Waals surface area contributed by atoms with Crippen molar-refractivity contribution in [2.24, 2.45) is 5.73 Å². The van der Waals surface area contributed by atoms with Gasteiger partial charge in [-0.1, -0.05) is 23.7 Å². The molecule has 1 amide bonds. The molecular formula is C14H15ClN4O. The molecule has 2 aromatic rings. The number of carbonyl (C=O) groups is 1. The van der Waals surface area contributed by atoms with Crippen LogP contribution < -0.4 is 16.8 Å². The Morgan fingerprint density at radius 2 is 2.00 bits per heavy atom. The van der Waals surface area contributed by atoms with Crippen LogP contribution >= 0.6 is 11.6 Å².